The number of benzene rings is 2. The number of aromatic amines is 1. The summed E-state index contributed by atoms with van der Waals surface area (Å²) in [6.07, 6.45) is 9.41. The summed E-state index contributed by atoms with van der Waals surface area (Å²) in [5.74, 6) is -0.265. The van der Waals surface area contributed by atoms with Gasteiger partial charge in [0.15, 0.2) is 5.65 Å². The fraction of sp³-hybridized carbons (Fsp3) is 0.226. The SMILES string of the molecule is CN1CC2CCC1CN2c1ccc(-c2ccnc3c(-c4cccc5[nH]ncc45)c(-c4ccncc4)nn23)c(F)c1. The minimum Gasteiger partial charge on any atom is -0.366 e. The van der Waals surface area contributed by atoms with Crippen molar-refractivity contribution < 1.29 is 4.39 Å². The Kier molecular flexibility index (Phi) is 5.21. The van der Waals surface area contributed by atoms with Crippen molar-refractivity contribution in [3.63, 3.8) is 0 Å². The highest BCUT2D eigenvalue weighted by atomic mass is 19.1. The third kappa shape index (κ3) is 3.54. The molecule has 2 aromatic carbocycles. The van der Waals surface area contributed by atoms with Crippen molar-refractivity contribution in [2.24, 2.45) is 0 Å². The molecule has 0 spiro atoms. The van der Waals surface area contributed by atoms with E-state index >= 15 is 4.39 Å². The van der Waals surface area contributed by atoms with E-state index in [1.54, 1.807) is 29.2 Å². The second-order valence-electron chi connectivity index (χ2n) is 10.8. The summed E-state index contributed by atoms with van der Waals surface area (Å²) in [4.78, 5) is 13.8. The molecule has 3 aliphatic heterocycles. The predicted octanol–water partition coefficient (Wildman–Crippen LogP) is 5.42. The van der Waals surface area contributed by atoms with E-state index in [9.17, 15) is 0 Å². The Bertz CT molecular complexity index is 1880. The van der Waals surface area contributed by atoms with Crippen molar-refractivity contribution in [3.05, 3.63) is 85.2 Å². The second-order valence-corrected chi connectivity index (χ2v) is 10.8. The number of halogens is 1. The van der Waals surface area contributed by atoms with Gasteiger partial charge in [-0.1, -0.05) is 12.1 Å². The molecule has 2 unspecified atom stereocenters. The normalized spacial score (nSPS) is 19.2. The van der Waals surface area contributed by atoms with Gasteiger partial charge in [-0.15, -0.1) is 0 Å². The number of piperidine rings is 2. The smallest absolute Gasteiger partial charge is 0.164 e. The number of aromatic nitrogens is 6. The standard InChI is InChI=1S/C31H27FN8/c1-38-17-22-6-5-21(38)18-39(22)20-7-8-24(26(32)15-20)28-11-14-34-31-29(23-3-2-4-27-25(23)16-35-36-27)30(37-40(28)31)19-9-12-33-13-10-19/h2-4,7-16,21-22H,5-6,17-18H2,1H3,(H,35,36). The molecule has 9 rings (SSSR count). The van der Waals surface area contributed by atoms with Crippen LogP contribution in [-0.4, -0.2) is 66.9 Å². The first-order valence-electron chi connectivity index (χ1n) is 13.6. The lowest BCUT2D eigenvalue weighted by atomic mass is 9.90. The molecule has 2 bridgehead atoms. The van der Waals surface area contributed by atoms with Crippen LogP contribution in [0.25, 0.3) is 50.2 Å². The fourth-order valence-electron chi connectivity index (χ4n) is 6.54. The van der Waals surface area contributed by atoms with E-state index in [2.05, 4.69) is 32.0 Å². The first-order chi connectivity index (χ1) is 19.7. The average molecular weight is 531 g/mol. The number of pyridine rings is 1. The quantitative estimate of drug-likeness (QED) is 0.328. The number of H-pyrrole nitrogens is 1. The summed E-state index contributed by atoms with van der Waals surface area (Å²) < 4.78 is 17.7. The molecule has 3 saturated heterocycles. The lowest BCUT2D eigenvalue weighted by Crippen LogP contribution is -2.61. The highest BCUT2D eigenvalue weighted by Crippen LogP contribution is 2.40. The van der Waals surface area contributed by atoms with Gasteiger partial charge in [0.2, 0.25) is 0 Å². The van der Waals surface area contributed by atoms with E-state index in [0.29, 0.717) is 29.0 Å². The summed E-state index contributed by atoms with van der Waals surface area (Å²) in [5, 5.41) is 13.3. The van der Waals surface area contributed by atoms with E-state index < -0.39 is 0 Å². The van der Waals surface area contributed by atoms with Gasteiger partial charge in [0.05, 0.1) is 23.0 Å². The molecule has 0 saturated carbocycles. The Morgan fingerprint density at radius 3 is 2.60 bits per heavy atom. The lowest BCUT2D eigenvalue weighted by molar-refractivity contribution is 0.125. The van der Waals surface area contributed by atoms with Gasteiger partial charge in [0, 0.05) is 66.0 Å². The third-order valence-corrected chi connectivity index (χ3v) is 8.59. The summed E-state index contributed by atoms with van der Waals surface area (Å²) in [6, 6.07) is 18.3. The van der Waals surface area contributed by atoms with Crippen molar-refractivity contribution in [1.82, 2.24) is 34.7 Å². The number of likely N-dealkylation sites (N-methyl/N-ethyl adjacent to an activating group) is 1. The van der Waals surface area contributed by atoms with Crippen LogP contribution in [0.4, 0.5) is 10.1 Å². The molecule has 7 heterocycles. The zero-order valence-corrected chi connectivity index (χ0v) is 22.0. The zero-order valence-electron chi connectivity index (χ0n) is 22.0. The first kappa shape index (κ1) is 23.3. The number of nitrogens with one attached hydrogen (secondary N) is 1. The van der Waals surface area contributed by atoms with Crippen LogP contribution < -0.4 is 4.90 Å². The minimum atomic E-state index is -0.265. The van der Waals surface area contributed by atoms with Crippen LogP contribution in [-0.2, 0) is 0 Å². The average Bonchev–Trinajstić information content (AvgIpc) is 3.63. The molecule has 0 radical (unpaired) electrons. The van der Waals surface area contributed by atoms with Gasteiger partial charge in [-0.25, -0.2) is 13.9 Å². The molecule has 9 heteroatoms. The van der Waals surface area contributed by atoms with Crippen molar-refractivity contribution in [2.75, 3.05) is 25.0 Å². The minimum absolute atomic E-state index is 0.265. The maximum atomic E-state index is 15.9. The maximum absolute atomic E-state index is 15.9. The molecule has 3 fully saturated rings. The van der Waals surface area contributed by atoms with Crippen molar-refractivity contribution in [1.29, 1.82) is 0 Å². The van der Waals surface area contributed by atoms with Gasteiger partial charge >= 0.3 is 0 Å². The maximum Gasteiger partial charge on any atom is 0.164 e. The van der Waals surface area contributed by atoms with E-state index in [1.807, 2.05) is 54.7 Å². The monoisotopic (exact) mass is 530 g/mol. The third-order valence-electron chi connectivity index (χ3n) is 8.59. The Balaban J connectivity index is 1.29. The van der Waals surface area contributed by atoms with Crippen LogP contribution >= 0.6 is 0 Å². The van der Waals surface area contributed by atoms with Crippen LogP contribution in [0.15, 0.2) is 79.4 Å². The van der Waals surface area contributed by atoms with Gasteiger partial charge in [0.1, 0.15) is 11.5 Å². The molecule has 2 atom stereocenters. The van der Waals surface area contributed by atoms with E-state index in [-0.39, 0.29) is 5.82 Å². The molecule has 4 aromatic heterocycles. The highest BCUT2D eigenvalue weighted by molar-refractivity contribution is 6.02. The molecule has 6 aromatic rings. The summed E-state index contributed by atoms with van der Waals surface area (Å²) >= 11 is 0. The van der Waals surface area contributed by atoms with Gasteiger partial charge < -0.3 is 4.90 Å². The zero-order chi connectivity index (χ0) is 26.8. The van der Waals surface area contributed by atoms with E-state index in [4.69, 9.17) is 10.1 Å². The molecular formula is C31H27FN8. The van der Waals surface area contributed by atoms with Crippen molar-refractivity contribution in [2.45, 2.75) is 24.9 Å². The molecule has 198 valence electrons. The number of anilines is 1. The number of hydrogen-bond acceptors (Lipinski definition) is 6. The van der Waals surface area contributed by atoms with Crippen molar-refractivity contribution >= 4 is 22.2 Å². The molecular weight excluding hydrogens is 503 g/mol. The molecule has 3 aliphatic rings. The van der Waals surface area contributed by atoms with Crippen LogP contribution in [0.5, 0.6) is 0 Å². The number of piperazine rings is 1. The Hall–Kier alpha value is -4.63. The summed E-state index contributed by atoms with van der Waals surface area (Å²) in [5.41, 5.74) is 7.14. The largest absolute Gasteiger partial charge is 0.366 e. The molecule has 0 amide bonds. The Morgan fingerprint density at radius 2 is 1.80 bits per heavy atom. The first-order valence-corrected chi connectivity index (χ1v) is 13.6. The number of hydrogen-bond donors (Lipinski definition) is 1. The summed E-state index contributed by atoms with van der Waals surface area (Å²) in [6.45, 7) is 1.97. The van der Waals surface area contributed by atoms with Crippen LogP contribution in [0, 0.1) is 5.82 Å². The van der Waals surface area contributed by atoms with Crippen molar-refractivity contribution in [3.8, 4) is 33.6 Å². The molecule has 8 nitrogen and oxygen atoms in total. The fourth-order valence-corrected chi connectivity index (χ4v) is 6.54. The Labute approximate surface area is 230 Å². The number of rotatable bonds is 4. The predicted molar refractivity (Wildman–Crippen MR) is 153 cm³/mol. The second kappa shape index (κ2) is 8.96. The molecule has 0 aliphatic carbocycles. The van der Waals surface area contributed by atoms with Gasteiger partial charge in [-0.2, -0.15) is 10.2 Å². The molecule has 40 heavy (non-hydrogen) atoms. The van der Waals surface area contributed by atoms with E-state index in [1.165, 1.54) is 6.42 Å². The van der Waals surface area contributed by atoms with Gasteiger partial charge in [-0.3, -0.25) is 15.0 Å². The van der Waals surface area contributed by atoms with E-state index in [0.717, 1.165) is 58.5 Å². The van der Waals surface area contributed by atoms with Gasteiger partial charge in [0.25, 0.3) is 0 Å². The highest BCUT2D eigenvalue weighted by Gasteiger charge is 2.37. The topological polar surface area (TPSA) is 78.2 Å². The number of fused-ring (bicyclic) bond motifs is 5. The van der Waals surface area contributed by atoms with Crippen LogP contribution in [0.2, 0.25) is 0 Å². The molecule has 1 N–H and O–H groups in total. The Morgan fingerprint density at radius 1 is 0.925 bits per heavy atom. The number of nitrogens with zero attached hydrogens (tertiary/aromatic N) is 7. The van der Waals surface area contributed by atoms with Crippen LogP contribution in [0.1, 0.15) is 12.8 Å². The lowest BCUT2D eigenvalue weighted by Gasteiger charge is -2.51. The summed E-state index contributed by atoms with van der Waals surface area (Å²) in [7, 11) is 2.19. The van der Waals surface area contributed by atoms with Gasteiger partial charge in [-0.05, 0) is 67.9 Å². The van der Waals surface area contributed by atoms with Crippen LogP contribution in [0.3, 0.4) is 0 Å².